The molecule has 20 N–H and O–H groups in total. The molecule has 0 bridgehead atoms. The largest absolute Gasteiger partial charge is 0.394 e. The number of guanidine groups is 2. The zero-order valence-electron chi connectivity index (χ0n) is 44.7. The van der Waals surface area contributed by atoms with E-state index < -0.39 is 158 Å². The Morgan fingerprint density at radius 3 is 1.95 bits per heavy atom. The summed E-state index contributed by atoms with van der Waals surface area (Å²) in [7, 11) is 1.48. The first kappa shape index (κ1) is 61.9. The number of likely N-dealkylation sites (N-methyl/N-ethyl adjacent to an activating group) is 1. The van der Waals surface area contributed by atoms with Crippen molar-refractivity contribution in [3.8, 4) is 0 Å². The lowest BCUT2D eigenvalue weighted by atomic mass is 9.76. The Morgan fingerprint density at radius 2 is 1.35 bits per heavy atom. The van der Waals surface area contributed by atoms with Crippen LogP contribution in [0.25, 0.3) is 0 Å². The molecule has 6 rings (SSSR count). The van der Waals surface area contributed by atoms with Crippen LogP contribution in [0.15, 0.2) is 9.98 Å². The van der Waals surface area contributed by atoms with Gasteiger partial charge in [-0.15, -0.1) is 0 Å². The number of aliphatic hydroxyl groups excluding tert-OH is 8. The summed E-state index contributed by atoms with van der Waals surface area (Å²) in [5.41, 5.74) is 19.4. The van der Waals surface area contributed by atoms with Crippen LogP contribution < -0.4 is 33.6 Å². The summed E-state index contributed by atoms with van der Waals surface area (Å²) < 4.78 is 50.8. The molecule has 4 heterocycles. The van der Waals surface area contributed by atoms with Crippen molar-refractivity contribution in [3.05, 3.63) is 0 Å². The second-order valence-electron chi connectivity index (χ2n) is 22.4. The Bertz CT molecular complexity index is 1840. The van der Waals surface area contributed by atoms with E-state index in [2.05, 4.69) is 34.5 Å². The summed E-state index contributed by atoms with van der Waals surface area (Å²) in [5, 5.41) is 119. The van der Waals surface area contributed by atoms with Gasteiger partial charge in [0.1, 0.15) is 78.7 Å². The summed E-state index contributed by atoms with van der Waals surface area (Å²) in [6.07, 6.45) is -17.6. The van der Waals surface area contributed by atoms with Crippen LogP contribution in [0.4, 0.5) is 0 Å². The van der Waals surface area contributed by atoms with Crippen LogP contribution in [0.5, 0.6) is 0 Å². The number of aliphatic hydroxyl groups is 10. The molecule has 0 aromatic carbocycles. The highest BCUT2D eigenvalue weighted by Gasteiger charge is 2.61. The van der Waals surface area contributed by atoms with Gasteiger partial charge < -0.3 is 123 Å². The molecule has 26 heteroatoms. The molecule has 75 heavy (non-hydrogen) atoms. The lowest BCUT2D eigenvalue weighted by molar-refractivity contribution is -0.325. The molecule has 0 aromatic rings. The van der Waals surface area contributed by atoms with Gasteiger partial charge in [0.15, 0.2) is 37.1 Å². The normalized spacial score (nSPS) is 48.0. The zero-order valence-corrected chi connectivity index (χ0v) is 44.7. The van der Waals surface area contributed by atoms with Crippen LogP contribution >= 0.6 is 0 Å². The van der Waals surface area contributed by atoms with Gasteiger partial charge in [-0.1, -0.05) is 41.0 Å². The molecular formula is C49H92N8O18. The Labute approximate surface area is 439 Å². The lowest BCUT2D eigenvalue weighted by Crippen LogP contribution is -2.67. The maximum Gasteiger partial charge on any atom is 0.187 e. The van der Waals surface area contributed by atoms with E-state index in [0.717, 1.165) is 19.3 Å². The Kier molecular flexibility index (Phi) is 21.8. The fraction of sp³-hybridized carbons (Fsp3) is 0.959. The lowest BCUT2D eigenvalue weighted by Gasteiger charge is -2.49. The topological polar surface area (TPSA) is 429 Å². The fourth-order valence-electron chi connectivity index (χ4n) is 12.2. The van der Waals surface area contributed by atoms with Crippen molar-refractivity contribution in [2.24, 2.45) is 62.5 Å². The smallest absolute Gasteiger partial charge is 0.187 e. The van der Waals surface area contributed by atoms with Gasteiger partial charge in [-0.3, -0.25) is 0 Å². The molecule has 4 aliphatic heterocycles. The third kappa shape index (κ3) is 13.7. The SMILES string of the molecule is CCC(C)[C@@H]1CCC(CCCNC[C@@]2(O)C(O[C@@H]3OC(CO)[C@H](O)[C@H](O)C3NC)[C@H](OC3[C@@H](N=C(N)N)C(O)C(N=C(N)N)[C@@H](O)[C@H]3O)O[C@@H]2C)C(OC2[C@H](O)C(OC3OC[C@](C)(O)[C@H](CC)[C@H]3O)[C@H](C)C[C@@H]2C)O1. The van der Waals surface area contributed by atoms with E-state index in [9.17, 15) is 51.1 Å². The van der Waals surface area contributed by atoms with Crippen molar-refractivity contribution in [1.82, 2.24) is 10.6 Å². The van der Waals surface area contributed by atoms with E-state index in [1.165, 1.54) is 7.05 Å². The Hall–Kier alpha value is -2.26. The second-order valence-corrected chi connectivity index (χ2v) is 22.4. The minimum atomic E-state index is -1.98. The molecule has 0 radical (unpaired) electrons. The Morgan fingerprint density at radius 1 is 0.720 bits per heavy atom. The van der Waals surface area contributed by atoms with E-state index >= 15 is 0 Å². The molecule has 0 aromatic heterocycles. The van der Waals surface area contributed by atoms with E-state index in [0.29, 0.717) is 32.2 Å². The van der Waals surface area contributed by atoms with Gasteiger partial charge in [0.05, 0.1) is 49.3 Å². The average Bonchev–Trinajstić information content (AvgIpc) is 3.58. The van der Waals surface area contributed by atoms with Crippen molar-refractivity contribution in [3.63, 3.8) is 0 Å². The predicted molar refractivity (Wildman–Crippen MR) is 269 cm³/mol. The van der Waals surface area contributed by atoms with Crippen LogP contribution in [-0.4, -0.2) is 236 Å². The van der Waals surface area contributed by atoms with Gasteiger partial charge in [-0.2, -0.15) is 0 Å². The van der Waals surface area contributed by atoms with Gasteiger partial charge in [0, 0.05) is 18.4 Å². The highest BCUT2D eigenvalue weighted by molar-refractivity contribution is 5.76. The van der Waals surface area contributed by atoms with E-state index in [1.54, 1.807) is 13.8 Å². The summed E-state index contributed by atoms with van der Waals surface area (Å²) in [6.45, 7) is 12.8. The maximum absolute atomic E-state index is 12.7. The van der Waals surface area contributed by atoms with Gasteiger partial charge in [0.2, 0.25) is 0 Å². The van der Waals surface area contributed by atoms with Gasteiger partial charge in [0.25, 0.3) is 0 Å². The number of hydrogen-bond acceptors (Lipinski definition) is 22. The summed E-state index contributed by atoms with van der Waals surface area (Å²) >= 11 is 0. The molecular weight excluding hydrogens is 989 g/mol. The minimum absolute atomic E-state index is 0.0240. The van der Waals surface area contributed by atoms with Crippen molar-refractivity contribution in [2.45, 2.75) is 233 Å². The molecule has 2 saturated carbocycles. The molecule has 0 spiro atoms. The van der Waals surface area contributed by atoms with Gasteiger partial charge in [-0.25, -0.2) is 9.98 Å². The molecule has 12 unspecified atom stereocenters. The van der Waals surface area contributed by atoms with E-state index in [-0.39, 0.29) is 42.9 Å². The monoisotopic (exact) mass is 1080 g/mol. The standard InChI is InChI=1S/C49H92N8O18/c1-9-20(3)26-14-13-24(42(70-26)72-38-21(4)16-22(5)39(37(38)65)73-44-31(59)25(10-2)48(7,66)19-68-44)12-11-15-55-18-49(67)23(6)69-45(41(49)75-43-30(54-8)35(63)32(60)27(17-58)71-43)74-40-29(57-47(52)53)33(61)28(56-46(50)51)34(62)36(40)64/h20-45,54-55,58-67H,9-19H2,1-8H3,(H4,50,51,56)(H4,52,53,57)/t20?,21-,22+,23+,24?,25+,26-,27?,28?,29-,30?,31+,32-,33?,34+,35+,36+,37-,38?,39?,40?,41?,42?,43-,44?,45-,48-,49-/m0/s1. The number of nitrogens with one attached hydrogen (secondary N) is 2. The van der Waals surface area contributed by atoms with Crippen LogP contribution in [-0.2, 0) is 37.9 Å². The van der Waals surface area contributed by atoms with Crippen LogP contribution in [0.1, 0.15) is 93.4 Å². The third-order valence-corrected chi connectivity index (χ3v) is 17.0. The first-order valence-electron chi connectivity index (χ1n) is 26.9. The fourth-order valence-corrected chi connectivity index (χ4v) is 12.2. The Balaban J connectivity index is 1.18. The van der Waals surface area contributed by atoms with E-state index in [4.69, 9.17) is 60.8 Å². The van der Waals surface area contributed by atoms with Gasteiger partial charge in [-0.05, 0) is 83.7 Å². The van der Waals surface area contributed by atoms with Crippen LogP contribution in [0, 0.1) is 29.6 Å². The molecule has 2 aliphatic carbocycles. The number of nitrogens with two attached hydrogens (primary N) is 4. The zero-order chi connectivity index (χ0) is 55.4. The average molecular weight is 1080 g/mol. The predicted octanol–water partition coefficient (Wildman–Crippen LogP) is -4.52. The second kappa shape index (κ2) is 26.3. The number of hydrogen-bond donors (Lipinski definition) is 16. The van der Waals surface area contributed by atoms with Crippen molar-refractivity contribution in [2.75, 3.05) is 33.4 Å². The van der Waals surface area contributed by atoms with Gasteiger partial charge >= 0.3 is 0 Å². The number of rotatable bonds is 21. The molecule has 28 atom stereocenters. The highest BCUT2D eigenvalue weighted by Crippen LogP contribution is 2.43. The maximum atomic E-state index is 12.7. The van der Waals surface area contributed by atoms with E-state index in [1.807, 2.05) is 20.8 Å². The van der Waals surface area contributed by atoms with Crippen LogP contribution in [0.2, 0.25) is 0 Å². The third-order valence-electron chi connectivity index (χ3n) is 17.0. The molecule has 4 saturated heterocycles. The molecule has 436 valence electrons. The first-order chi connectivity index (χ1) is 35.3. The van der Waals surface area contributed by atoms with Crippen molar-refractivity contribution >= 4 is 11.9 Å². The van der Waals surface area contributed by atoms with Crippen molar-refractivity contribution < 1.29 is 89.0 Å². The molecule has 0 amide bonds. The number of nitrogens with zero attached hydrogens (tertiary/aromatic N) is 2. The summed E-state index contributed by atoms with van der Waals surface area (Å²) in [5.74, 6) is -1.52. The van der Waals surface area contributed by atoms with Crippen molar-refractivity contribution in [1.29, 1.82) is 0 Å². The molecule has 6 fully saturated rings. The summed E-state index contributed by atoms with van der Waals surface area (Å²) in [6, 6.07) is -4.11. The summed E-state index contributed by atoms with van der Waals surface area (Å²) in [4.78, 5) is 7.95. The highest BCUT2D eigenvalue weighted by atomic mass is 16.8. The van der Waals surface area contributed by atoms with Crippen LogP contribution in [0.3, 0.4) is 0 Å². The first-order valence-corrected chi connectivity index (χ1v) is 26.9. The quantitative estimate of drug-likeness (QED) is 0.0292. The molecule has 6 aliphatic rings. The molecule has 26 nitrogen and oxygen atoms in total. The number of aliphatic imine (C=N–C) groups is 2. The number of ether oxygens (including phenoxy) is 8. The minimum Gasteiger partial charge on any atom is -0.394 e.